The molecule has 14 heavy (non-hydrogen) atoms. The zero-order chi connectivity index (χ0) is 10.6. The van der Waals surface area contributed by atoms with Crippen molar-refractivity contribution < 1.29 is 0 Å². The second-order valence-electron chi connectivity index (χ2n) is 4.51. The smallest absolute Gasteiger partial charge is 0.0535 e. The Kier molecular flexibility index (Phi) is 3.69. The Hall–Kier alpha value is -0.830. The van der Waals surface area contributed by atoms with Crippen LogP contribution in [0, 0.1) is 6.92 Å². The number of aromatic amines is 1. The molecule has 0 fully saturated rings. The minimum atomic E-state index is 0.221. The maximum absolute atomic E-state index is 4.00. The molecule has 0 aliphatic heterocycles. The lowest BCUT2D eigenvalue weighted by Gasteiger charge is -2.25. The van der Waals surface area contributed by atoms with E-state index in [1.807, 2.05) is 6.20 Å². The molecule has 0 saturated heterocycles. The van der Waals surface area contributed by atoms with Gasteiger partial charge in [0.25, 0.3) is 0 Å². The summed E-state index contributed by atoms with van der Waals surface area (Å²) in [5.74, 6) is 0. The van der Waals surface area contributed by atoms with E-state index < -0.39 is 0 Å². The topological polar surface area (TPSA) is 40.7 Å². The molecule has 1 rings (SSSR count). The SMILES string of the molecule is CCCC(C)(C)NCc1cn[nH]c1C. The molecule has 80 valence electrons. The van der Waals surface area contributed by atoms with Gasteiger partial charge in [0.05, 0.1) is 6.20 Å². The molecular weight excluding hydrogens is 174 g/mol. The maximum atomic E-state index is 4.00. The fraction of sp³-hybridized carbons (Fsp3) is 0.727. The van der Waals surface area contributed by atoms with Crippen LogP contribution in [0.3, 0.4) is 0 Å². The number of aromatic nitrogens is 2. The molecule has 0 radical (unpaired) electrons. The molecule has 0 aliphatic rings. The molecule has 0 spiro atoms. The first-order chi connectivity index (χ1) is 6.55. The van der Waals surface area contributed by atoms with Gasteiger partial charge in [-0.25, -0.2) is 0 Å². The highest BCUT2D eigenvalue weighted by Gasteiger charge is 2.15. The third-order valence-electron chi connectivity index (χ3n) is 2.57. The first-order valence-electron chi connectivity index (χ1n) is 5.29. The van der Waals surface area contributed by atoms with Gasteiger partial charge in [-0.1, -0.05) is 13.3 Å². The summed E-state index contributed by atoms with van der Waals surface area (Å²) in [6, 6.07) is 0. The fourth-order valence-electron chi connectivity index (χ4n) is 1.60. The molecule has 0 atom stereocenters. The summed E-state index contributed by atoms with van der Waals surface area (Å²) >= 11 is 0. The van der Waals surface area contributed by atoms with Gasteiger partial charge >= 0.3 is 0 Å². The lowest BCUT2D eigenvalue weighted by atomic mass is 9.98. The molecule has 0 bridgehead atoms. The summed E-state index contributed by atoms with van der Waals surface area (Å²) in [6.45, 7) is 9.65. The average molecular weight is 195 g/mol. The fourth-order valence-corrected chi connectivity index (χ4v) is 1.60. The number of nitrogens with zero attached hydrogens (tertiary/aromatic N) is 1. The monoisotopic (exact) mass is 195 g/mol. The van der Waals surface area contributed by atoms with Gasteiger partial charge in [-0.15, -0.1) is 0 Å². The predicted molar refractivity (Wildman–Crippen MR) is 59.2 cm³/mol. The van der Waals surface area contributed by atoms with Crippen molar-refractivity contribution in [1.29, 1.82) is 0 Å². The summed E-state index contributed by atoms with van der Waals surface area (Å²) in [5.41, 5.74) is 2.64. The van der Waals surface area contributed by atoms with Crippen LogP contribution >= 0.6 is 0 Å². The van der Waals surface area contributed by atoms with Crippen molar-refractivity contribution in [3.8, 4) is 0 Å². The van der Waals surface area contributed by atoms with Crippen LogP contribution in [-0.4, -0.2) is 15.7 Å². The summed E-state index contributed by atoms with van der Waals surface area (Å²) < 4.78 is 0. The number of aryl methyl sites for hydroxylation is 1. The van der Waals surface area contributed by atoms with Crippen LogP contribution in [0.25, 0.3) is 0 Å². The Balaban J connectivity index is 2.44. The molecule has 0 amide bonds. The van der Waals surface area contributed by atoms with E-state index in [1.54, 1.807) is 0 Å². The molecule has 1 aromatic heterocycles. The van der Waals surface area contributed by atoms with Crippen molar-refractivity contribution in [2.24, 2.45) is 0 Å². The summed E-state index contributed by atoms with van der Waals surface area (Å²) in [6.07, 6.45) is 4.30. The van der Waals surface area contributed by atoms with Crippen molar-refractivity contribution in [3.63, 3.8) is 0 Å². The van der Waals surface area contributed by atoms with Crippen molar-refractivity contribution >= 4 is 0 Å². The Morgan fingerprint density at radius 3 is 2.71 bits per heavy atom. The largest absolute Gasteiger partial charge is 0.308 e. The third-order valence-corrected chi connectivity index (χ3v) is 2.57. The second kappa shape index (κ2) is 4.60. The van der Waals surface area contributed by atoms with Gasteiger partial charge in [-0.3, -0.25) is 5.10 Å². The summed E-state index contributed by atoms with van der Waals surface area (Å²) in [4.78, 5) is 0. The highest BCUT2D eigenvalue weighted by molar-refractivity contribution is 5.14. The molecular formula is C11H21N3. The molecule has 0 saturated carbocycles. The highest BCUT2D eigenvalue weighted by atomic mass is 15.1. The van der Waals surface area contributed by atoms with E-state index in [-0.39, 0.29) is 5.54 Å². The van der Waals surface area contributed by atoms with Crippen LogP contribution in [0.1, 0.15) is 44.9 Å². The van der Waals surface area contributed by atoms with Crippen LogP contribution in [0.15, 0.2) is 6.20 Å². The maximum Gasteiger partial charge on any atom is 0.0535 e. The molecule has 0 aliphatic carbocycles. The quantitative estimate of drug-likeness (QED) is 0.757. The van der Waals surface area contributed by atoms with E-state index in [0.717, 1.165) is 12.2 Å². The second-order valence-corrected chi connectivity index (χ2v) is 4.51. The molecule has 3 heteroatoms. The Morgan fingerprint density at radius 2 is 2.21 bits per heavy atom. The van der Waals surface area contributed by atoms with Gasteiger partial charge in [0, 0.05) is 23.3 Å². The lowest BCUT2D eigenvalue weighted by molar-refractivity contribution is 0.356. The Morgan fingerprint density at radius 1 is 1.50 bits per heavy atom. The third kappa shape index (κ3) is 3.14. The van der Waals surface area contributed by atoms with E-state index in [9.17, 15) is 0 Å². The normalized spacial score (nSPS) is 12.0. The van der Waals surface area contributed by atoms with E-state index in [1.165, 1.54) is 18.4 Å². The Labute approximate surface area is 86.3 Å². The summed E-state index contributed by atoms with van der Waals surface area (Å²) in [5, 5.41) is 10.5. The van der Waals surface area contributed by atoms with E-state index in [4.69, 9.17) is 0 Å². The lowest BCUT2D eigenvalue weighted by Crippen LogP contribution is -2.38. The van der Waals surface area contributed by atoms with Crippen LogP contribution in [0.2, 0.25) is 0 Å². The average Bonchev–Trinajstić information content (AvgIpc) is 2.48. The van der Waals surface area contributed by atoms with Gasteiger partial charge in [0.2, 0.25) is 0 Å². The minimum absolute atomic E-state index is 0.221. The Bertz CT molecular complexity index is 276. The molecule has 0 aromatic carbocycles. The molecule has 0 unspecified atom stereocenters. The number of rotatable bonds is 5. The highest BCUT2D eigenvalue weighted by Crippen LogP contribution is 2.12. The predicted octanol–water partition coefficient (Wildman–Crippen LogP) is 2.39. The zero-order valence-electron chi connectivity index (χ0n) is 9.65. The summed E-state index contributed by atoms with van der Waals surface area (Å²) in [7, 11) is 0. The van der Waals surface area contributed by atoms with E-state index in [0.29, 0.717) is 0 Å². The molecule has 3 nitrogen and oxygen atoms in total. The van der Waals surface area contributed by atoms with Crippen molar-refractivity contribution in [3.05, 3.63) is 17.5 Å². The van der Waals surface area contributed by atoms with Crippen LogP contribution in [0.4, 0.5) is 0 Å². The molecule has 1 heterocycles. The van der Waals surface area contributed by atoms with Gasteiger partial charge in [0.1, 0.15) is 0 Å². The van der Waals surface area contributed by atoms with Crippen LogP contribution in [0.5, 0.6) is 0 Å². The zero-order valence-corrected chi connectivity index (χ0v) is 9.65. The van der Waals surface area contributed by atoms with Crippen molar-refractivity contribution in [2.75, 3.05) is 0 Å². The first kappa shape index (κ1) is 11.2. The van der Waals surface area contributed by atoms with Crippen LogP contribution < -0.4 is 5.32 Å². The first-order valence-corrected chi connectivity index (χ1v) is 5.29. The molecule has 1 aromatic rings. The van der Waals surface area contributed by atoms with Crippen LogP contribution in [-0.2, 0) is 6.54 Å². The number of hydrogen-bond acceptors (Lipinski definition) is 2. The van der Waals surface area contributed by atoms with E-state index >= 15 is 0 Å². The number of H-pyrrole nitrogens is 1. The molecule has 2 N–H and O–H groups in total. The van der Waals surface area contributed by atoms with E-state index in [2.05, 4.69) is 43.2 Å². The number of hydrogen-bond donors (Lipinski definition) is 2. The van der Waals surface area contributed by atoms with Gasteiger partial charge < -0.3 is 5.32 Å². The van der Waals surface area contributed by atoms with Gasteiger partial charge in [0.15, 0.2) is 0 Å². The van der Waals surface area contributed by atoms with Crippen molar-refractivity contribution in [1.82, 2.24) is 15.5 Å². The number of nitrogens with one attached hydrogen (secondary N) is 2. The minimum Gasteiger partial charge on any atom is -0.308 e. The standard InChI is InChI=1S/C11H21N3/c1-5-6-11(3,4)12-7-10-8-13-14-9(10)2/h8,12H,5-7H2,1-4H3,(H,13,14). The van der Waals surface area contributed by atoms with Gasteiger partial charge in [-0.2, -0.15) is 5.10 Å². The van der Waals surface area contributed by atoms with Gasteiger partial charge in [-0.05, 0) is 27.2 Å². The van der Waals surface area contributed by atoms with Crippen molar-refractivity contribution in [2.45, 2.75) is 52.6 Å².